The average Bonchev–Trinajstić information content (AvgIpc) is 3.18. The smallest absolute Gasteiger partial charge is 0.261 e. The van der Waals surface area contributed by atoms with Crippen molar-refractivity contribution in [3.05, 3.63) is 62.9 Å². The molecule has 5 rings (SSSR count). The topological polar surface area (TPSA) is 32.3 Å². The summed E-state index contributed by atoms with van der Waals surface area (Å²) in [4.78, 5) is 17.4. The van der Waals surface area contributed by atoms with Crippen LogP contribution in [0.2, 0.25) is 0 Å². The van der Waals surface area contributed by atoms with Gasteiger partial charge in [-0.3, -0.25) is 9.69 Å². The molecule has 3 heterocycles. The highest BCUT2D eigenvalue weighted by atomic mass is 32.1. The van der Waals surface area contributed by atoms with Crippen LogP contribution in [-0.4, -0.2) is 30.4 Å². The number of benzene rings is 1. The molecule has 3 aliphatic rings. The van der Waals surface area contributed by atoms with Crippen LogP contribution in [0, 0.1) is 5.92 Å². The van der Waals surface area contributed by atoms with E-state index in [9.17, 15) is 4.79 Å². The Bertz CT molecular complexity index is 839. The number of carbonyl (C=O) groups excluding carboxylic acids is 1. The fourth-order valence-electron chi connectivity index (χ4n) is 4.64. The molecular weight excluding hydrogens is 328 g/mol. The standard InChI is InChI=1S/C21H22N2OS/c24-21-20-19(16-8-4-5-9-18(16)25-20)17-13-23(12-15(17)10-22-21)11-14-6-2-1-3-7-14/h1-3,5-7,9,15,17H,4,8,10-13H2,(H,22,24)/t15-,17-/m1/s1. The Kier molecular flexibility index (Phi) is 3.75. The quantitative estimate of drug-likeness (QED) is 0.896. The monoisotopic (exact) mass is 350 g/mol. The van der Waals surface area contributed by atoms with Crippen LogP contribution in [0.25, 0.3) is 6.08 Å². The normalized spacial score (nSPS) is 25.0. The molecule has 2 aliphatic heterocycles. The number of nitrogens with zero attached hydrogens (tertiary/aromatic N) is 1. The van der Waals surface area contributed by atoms with Crippen molar-refractivity contribution in [2.24, 2.45) is 5.92 Å². The number of hydrogen-bond acceptors (Lipinski definition) is 3. The highest BCUT2D eigenvalue weighted by Crippen LogP contribution is 2.44. The van der Waals surface area contributed by atoms with E-state index in [1.165, 1.54) is 21.6 Å². The van der Waals surface area contributed by atoms with Gasteiger partial charge >= 0.3 is 0 Å². The van der Waals surface area contributed by atoms with E-state index in [2.05, 4.69) is 52.7 Å². The van der Waals surface area contributed by atoms with E-state index in [1.807, 2.05) is 0 Å². The van der Waals surface area contributed by atoms with E-state index in [-0.39, 0.29) is 5.91 Å². The zero-order valence-electron chi connectivity index (χ0n) is 14.2. The van der Waals surface area contributed by atoms with E-state index < -0.39 is 0 Å². The molecule has 2 atom stereocenters. The van der Waals surface area contributed by atoms with Crippen molar-refractivity contribution in [2.75, 3.05) is 19.6 Å². The Hall–Kier alpha value is -1.91. The number of hydrogen-bond donors (Lipinski definition) is 1. The van der Waals surface area contributed by atoms with Crippen LogP contribution in [0.1, 0.15) is 43.6 Å². The van der Waals surface area contributed by atoms with Crippen molar-refractivity contribution in [3.8, 4) is 0 Å². The number of likely N-dealkylation sites (tertiary alicyclic amines) is 1. The minimum atomic E-state index is 0.145. The second-order valence-electron chi connectivity index (χ2n) is 7.38. The molecule has 0 unspecified atom stereocenters. The number of fused-ring (bicyclic) bond motifs is 5. The van der Waals surface area contributed by atoms with Crippen LogP contribution in [0.15, 0.2) is 36.4 Å². The molecule has 4 heteroatoms. The Labute approximate surface area is 152 Å². The molecule has 0 spiro atoms. The number of nitrogens with one attached hydrogen (secondary N) is 1. The predicted molar refractivity (Wildman–Crippen MR) is 102 cm³/mol. The minimum Gasteiger partial charge on any atom is -0.351 e. The SMILES string of the molecule is O=C1NC[C@@H]2CN(Cc3ccccc3)C[C@H]2c2c1sc1c2CCC=C1. The summed E-state index contributed by atoms with van der Waals surface area (Å²) >= 11 is 1.70. The Morgan fingerprint density at radius 3 is 2.96 bits per heavy atom. The molecule has 0 saturated carbocycles. The average molecular weight is 350 g/mol. The molecule has 1 aliphatic carbocycles. The lowest BCUT2D eigenvalue weighted by Crippen LogP contribution is -2.29. The summed E-state index contributed by atoms with van der Waals surface area (Å²) in [5.41, 5.74) is 4.20. The molecule has 128 valence electrons. The first kappa shape index (κ1) is 15.4. The van der Waals surface area contributed by atoms with Gasteiger partial charge in [-0.05, 0) is 41.5 Å². The molecule has 3 nitrogen and oxygen atoms in total. The Morgan fingerprint density at radius 2 is 2.08 bits per heavy atom. The summed E-state index contributed by atoms with van der Waals surface area (Å²) < 4.78 is 0. The van der Waals surface area contributed by atoms with Gasteiger partial charge in [0.05, 0.1) is 4.88 Å². The summed E-state index contributed by atoms with van der Waals surface area (Å²) in [7, 11) is 0. The number of thiophene rings is 1. The van der Waals surface area contributed by atoms with E-state index >= 15 is 0 Å². The Balaban J connectivity index is 1.48. The van der Waals surface area contributed by atoms with Crippen LogP contribution < -0.4 is 5.32 Å². The Morgan fingerprint density at radius 1 is 1.20 bits per heavy atom. The van der Waals surface area contributed by atoms with Gasteiger partial charge in [0.15, 0.2) is 0 Å². The fourth-order valence-corrected chi connectivity index (χ4v) is 5.91. The van der Waals surface area contributed by atoms with Crippen molar-refractivity contribution in [3.63, 3.8) is 0 Å². The molecule has 1 saturated heterocycles. The number of rotatable bonds is 2. The van der Waals surface area contributed by atoms with Gasteiger partial charge in [0.25, 0.3) is 5.91 Å². The maximum Gasteiger partial charge on any atom is 0.261 e. The van der Waals surface area contributed by atoms with Crippen LogP contribution in [0.5, 0.6) is 0 Å². The maximum atomic E-state index is 12.6. The molecule has 1 aromatic carbocycles. The molecule has 1 fully saturated rings. The molecule has 0 radical (unpaired) electrons. The van der Waals surface area contributed by atoms with Crippen LogP contribution in [0.4, 0.5) is 0 Å². The van der Waals surface area contributed by atoms with Crippen LogP contribution in [0.3, 0.4) is 0 Å². The van der Waals surface area contributed by atoms with Gasteiger partial charge in [0.1, 0.15) is 0 Å². The third-order valence-corrected chi connectivity index (χ3v) is 6.99. The lowest BCUT2D eigenvalue weighted by Gasteiger charge is -2.18. The van der Waals surface area contributed by atoms with Gasteiger partial charge < -0.3 is 5.32 Å². The largest absolute Gasteiger partial charge is 0.351 e. The zero-order chi connectivity index (χ0) is 16.8. The first-order valence-corrected chi connectivity index (χ1v) is 9.98. The lowest BCUT2D eigenvalue weighted by atomic mass is 9.85. The van der Waals surface area contributed by atoms with Gasteiger partial charge in [-0.1, -0.05) is 36.4 Å². The first-order chi connectivity index (χ1) is 12.3. The third kappa shape index (κ3) is 2.64. The van der Waals surface area contributed by atoms with Crippen molar-refractivity contribution in [2.45, 2.75) is 25.3 Å². The van der Waals surface area contributed by atoms with Crippen molar-refractivity contribution < 1.29 is 4.79 Å². The van der Waals surface area contributed by atoms with Gasteiger partial charge in [0.2, 0.25) is 0 Å². The van der Waals surface area contributed by atoms with Gasteiger partial charge in [-0.15, -0.1) is 11.3 Å². The van der Waals surface area contributed by atoms with E-state index in [0.717, 1.165) is 43.9 Å². The molecular formula is C21H22N2OS. The van der Waals surface area contributed by atoms with Crippen LogP contribution >= 0.6 is 11.3 Å². The maximum absolute atomic E-state index is 12.6. The summed E-state index contributed by atoms with van der Waals surface area (Å²) in [6.07, 6.45) is 6.65. The molecule has 1 amide bonds. The van der Waals surface area contributed by atoms with Crippen LogP contribution in [-0.2, 0) is 13.0 Å². The summed E-state index contributed by atoms with van der Waals surface area (Å²) in [6, 6.07) is 10.7. The fraction of sp³-hybridized carbons (Fsp3) is 0.381. The molecule has 0 bridgehead atoms. The van der Waals surface area contributed by atoms with Crippen molar-refractivity contribution in [1.82, 2.24) is 10.2 Å². The van der Waals surface area contributed by atoms with Crippen molar-refractivity contribution >= 4 is 23.3 Å². The van der Waals surface area contributed by atoms with E-state index in [0.29, 0.717) is 11.8 Å². The molecule has 1 N–H and O–H groups in total. The van der Waals surface area contributed by atoms with E-state index in [1.54, 1.807) is 11.3 Å². The lowest BCUT2D eigenvalue weighted by molar-refractivity contribution is 0.0955. The predicted octanol–water partition coefficient (Wildman–Crippen LogP) is 3.67. The van der Waals surface area contributed by atoms with Gasteiger partial charge in [-0.25, -0.2) is 0 Å². The minimum absolute atomic E-state index is 0.145. The number of allylic oxidation sites excluding steroid dienone is 1. The molecule has 2 aromatic rings. The first-order valence-electron chi connectivity index (χ1n) is 9.16. The highest BCUT2D eigenvalue weighted by Gasteiger charge is 2.41. The van der Waals surface area contributed by atoms with Gasteiger partial charge in [0, 0.05) is 37.0 Å². The second-order valence-corrected chi connectivity index (χ2v) is 8.44. The zero-order valence-corrected chi connectivity index (χ0v) is 15.0. The van der Waals surface area contributed by atoms with E-state index in [4.69, 9.17) is 0 Å². The van der Waals surface area contributed by atoms with Gasteiger partial charge in [-0.2, -0.15) is 0 Å². The summed E-state index contributed by atoms with van der Waals surface area (Å²) in [6.45, 7) is 3.94. The van der Waals surface area contributed by atoms with Crippen molar-refractivity contribution in [1.29, 1.82) is 0 Å². The molecule has 1 aromatic heterocycles. The number of amides is 1. The summed E-state index contributed by atoms with van der Waals surface area (Å²) in [5.74, 6) is 1.16. The highest BCUT2D eigenvalue weighted by molar-refractivity contribution is 7.15. The number of carbonyl (C=O) groups is 1. The molecule has 25 heavy (non-hydrogen) atoms. The summed E-state index contributed by atoms with van der Waals surface area (Å²) in [5, 5.41) is 3.19. The third-order valence-electron chi connectivity index (χ3n) is 5.78. The second kappa shape index (κ2) is 6.11.